The van der Waals surface area contributed by atoms with Crippen molar-refractivity contribution in [3.8, 4) is 5.75 Å². The molecule has 1 aliphatic rings. The van der Waals surface area contributed by atoms with Gasteiger partial charge in [0, 0.05) is 38.4 Å². The van der Waals surface area contributed by atoms with Gasteiger partial charge in [0.25, 0.3) is 0 Å². The van der Waals surface area contributed by atoms with Crippen molar-refractivity contribution in [2.24, 2.45) is 0 Å². The van der Waals surface area contributed by atoms with Crippen molar-refractivity contribution in [2.45, 2.75) is 19.5 Å². The lowest BCUT2D eigenvalue weighted by Crippen LogP contribution is -2.43. The summed E-state index contributed by atoms with van der Waals surface area (Å²) in [5.74, 6) is 0.244. The molecule has 0 saturated carbocycles. The van der Waals surface area contributed by atoms with Crippen LogP contribution in [0, 0.1) is 0 Å². The summed E-state index contributed by atoms with van der Waals surface area (Å²) in [5.41, 5.74) is 3.50. The number of aliphatic hydroxyl groups excluding tert-OH is 1. The van der Waals surface area contributed by atoms with E-state index in [1.165, 1.54) is 12.1 Å². The number of hydrogen-bond acceptors (Lipinski definition) is 5. The summed E-state index contributed by atoms with van der Waals surface area (Å²) in [4.78, 5) is 6.78. The van der Waals surface area contributed by atoms with Crippen molar-refractivity contribution in [3.63, 3.8) is 0 Å². The summed E-state index contributed by atoms with van der Waals surface area (Å²) in [6, 6.07) is 11.7. The van der Waals surface area contributed by atoms with E-state index in [4.69, 9.17) is 0 Å². The van der Waals surface area contributed by atoms with Crippen LogP contribution in [0.5, 0.6) is 5.75 Å². The number of rotatable bonds is 5. The van der Waals surface area contributed by atoms with Crippen LogP contribution in [0.3, 0.4) is 0 Å². The fourth-order valence-electron chi connectivity index (χ4n) is 3.56. The number of aliphatic hydroxyl groups is 1. The maximum absolute atomic E-state index is 12.3. The van der Waals surface area contributed by atoms with Crippen molar-refractivity contribution in [1.29, 1.82) is 0 Å². The molecule has 1 saturated heterocycles. The highest BCUT2D eigenvalue weighted by atomic mass is 19.4. The lowest BCUT2D eigenvalue weighted by molar-refractivity contribution is -0.274. The average Bonchev–Trinajstić information content (AvgIpc) is 3.06. The summed E-state index contributed by atoms with van der Waals surface area (Å²) in [6.45, 7) is 3.81. The fraction of sp³-hybridized carbons (Fsp3) is 0.350. The molecule has 4 rings (SSSR count). The summed E-state index contributed by atoms with van der Waals surface area (Å²) < 4.78 is 42.8. The molecule has 2 heterocycles. The largest absolute Gasteiger partial charge is 0.573 e. The molecule has 2 aromatic carbocycles. The van der Waals surface area contributed by atoms with Crippen LogP contribution in [0.1, 0.15) is 11.4 Å². The number of nitrogens with zero attached hydrogens (tertiary/aromatic N) is 3. The van der Waals surface area contributed by atoms with Crippen molar-refractivity contribution in [3.05, 3.63) is 53.9 Å². The molecule has 0 atom stereocenters. The van der Waals surface area contributed by atoms with Crippen LogP contribution in [0.4, 0.5) is 18.9 Å². The maximum atomic E-state index is 12.3. The quantitative estimate of drug-likeness (QED) is 0.682. The van der Waals surface area contributed by atoms with Crippen LogP contribution >= 0.6 is 0 Å². The number of ether oxygens (including phenoxy) is 1. The van der Waals surface area contributed by atoms with Gasteiger partial charge in [-0.15, -0.1) is 13.2 Å². The predicted octanol–water partition coefficient (Wildman–Crippen LogP) is 2.89. The number of benzene rings is 2. The first-order valence-corrected chi connectivity index (χ1v) is 9.33. The molecule has 0 radical (unpaired) electrons. The Hall–Kier alpha value is -2.78. The molecule has 0 bridgehead atoms. The highest BCUT2D eigenvalue weighted by molar-refractivity contribution is 5.80. The molecule has 0 unspecified atom stereocenters. The Morgan fingerprint density at radius 3 is 2.45 bits per heavy atom. The number of imidazole rings is 1. The Morgan fingerprint density at radius 1 is 1.07 bits per heavy atom. The third-order valence-electron chi connectivity index (χ3n) is 4.93. The number of piperazine rings is 1. The van der Waals surface area contributed by atoms with E-state index in [1.807, 2.05) is 22.8 Å². The molecule has 6 nitrogen and oxygen atoms in total. The number of alkyl halides is 3. The minimum atomic E-state index is -4.72. The third-order valence-corrected chi connectivity index (χ3v) is 4.93. The summed E-state index contributed by atoms with van der Waals surface area (Å²) in [5, 5.41) is 13.1. The van der Waals surface area contributed by atoms with Crippen molar-refractivity contribution >= 4 is 16.7 Å². The second kappa shape index (κ2) is 7.92. The van der Waals surface area contributed by atoms with Gasteiger partial charge in [-0.1, -0.05) is 12.1 Å². The zero-order chi connectivity index (χ0) is 20.4. The van der Waals surface area contributed by atoms with Gasteiger partial charge in [-0.05, 0) is 35.9 Å². The maximum Gasteiger partial charge on any atom is 0.573 e. The van der Waals surface area contributed by atoms with Crippen molar-refractivity contribution in [2.75, 3.05) is 31.1 Å². The SMILES string of the molecule is OCc1nc2ccc(N3CCNCC3)cc2n1Cc1ccc(OC(F)(F)F)cc1. The summed E-state index contributed by atoms with van der Waals surface area (Å²) in [6.07, 6.45) is -4.72. The Kier molecular flexibility index (Phi) is 5.33. The predicted molar refractivity (Wildman–Crippen MR) is 103 cm³/mol. The molecule has 2 N–H and O–H groups in total. The second-order valence-corrected chi connectivity index (χ2v) is 6.87. The normalized spacial score (nSPS) is 15.1. The molecular formula is C20H21F3N4O2. The van der Waals surface area contributed by atoms with E-state index in [0.717, 1.165) is 48.5 Å². The standard InChI is InChI=1S/C20H21F3N4O2/c21-20(22,23)29-16-4-1-14(2-5-16)12-27-18-11-15(26-9-7-24-8-10-26)3-6-17(18)25-19(27)13-28/h1-6,11,24,28H,7-10,12-13H2. The van der Waals surface area contributed by atoms with Gasteiger partial charge in [0.15, 0.2) is 0 Å². The number of hydrogen-bond donors (Lipinski definition) is 2. The topological polar surface area (TPSA) is 62.6 Å². The van der Waals surface area contributed by atoms with Crippen LogP contribution in [-0.4, -0.2) is 47.2 Å². The first kappa shape index (κ1) is 19.5. The van der Waals surface area contributed by atoms with Crippen molar-refractivity contribution < 1.29 is 23.0 Å². The van der Waals surface area contributed by atoms with Gasteiger partial charge in [-0.2, -0.15) is 0 Å². The Balaban J connectivity index is 1.63. The van der Waals surface area contributed by atoms with Gasteiger partial charge in [0.1, 0.15) is 18.2 Å². The number of nitrogens with one attached hydrogen (secondary N) is 1. The number of halogens is 3. The van der Waals surface area contributed by atoms with E-state index < -0.39 is 6.36 Å². The zero-order valence-electron chi connectivity index (χ0n) is 15.6. The van der Waals surface area contributed by atoms with E-state index >= 15 is 0 Å². The Labute approximate surface area is 165 Å². The highest BCUT2D eigenvalue weighted by Crippen LogP contribution is 2.26. The molecule has 0 amide bonds. The van der Waals surface area contributed by atoms with Crippen LogP contribution in [0.25, 0.3) is 11.0 Å². The first-order valence-electron chi connectivity index (χ1n) is 9.33. The van der Waals surface area contributed by atoms with Gasteiger partial charge in [0.2, 0.25) is 0 Å². The minimum Gasteiger partial charge on any atom is -0.406 e. The monoisotopic (exact) mass is 406 g/mol. The third kappa shape index (κ3) is 4.46. The van der Waals surface area contributed by atoms with E-state index in [2.05, 4.69) is 19.9 Å². The Morgan fingerprint density at radius 2 is 1.79 bits per heavy atom. The second-order valence-electron chi connectivity index (χ2n) is 6.87. The van der Waals surface area contributed by atoms with Gasteiger partial charge >= 0.3 is 6.36 Å². The molecule has 0 aliphatic carbocycles. The number of anilines is 1. The summed E-state index contributed by atoms with van der Waals surface area (Å²) >= 11 is 0. The van der Waals surface area contributed by atoms with Gasteiger partial charge in [-0.3, -0.25) is 0 Å². The van der Waals surface area contributed by atoms with E-state index in [0.29, 0.717) is 12.4 Å². The van der Waals surface area contributed by atoms with Crippen LogP contribution in [0.15, 0.2) is 42.5 Å². The molecule has 9 heteroatoms. The van der Waals surface area contributed by atoms with Gasteiger partial charge in [0.05, 0.1) is 11.0 Å². The highest BCUT2D eigenvalue weighted by Gasteiger charge is 2.31. The van der Waals surface area contributed by atoms with Gasteiger partial charge in [-0.25, -0.2) is 4.98 Å². The molecule has 1 aromatic heterocycles. The molecule has 1 fully saturated rings. The number of aromatic nitrogens is 2. The fourth-order valence-corrected chi connectivity index (χ4v) is 3.56. The van der Waals surface area contributed by atoms with Crippen LogP contribution in [0.2, 0.25) is 0 Å². The molecular weight excluding hydrogens is 385 g/mol. The van der Waals surface area contributed by atoms with Crippen LogP contribution in [-0.2, 0) is 13.2 Å². The van der Waals surface area contributed by atoms with E-state index in [-0.39, 0.29) is 12.4 Å². The molecule has 29 heavy (non-hydrogen) atoms. The molecule has 3 aromatic rings. The number of fused-ring (bicyclic) bond motifs is 1. The summed E-state index contributed by atoms with van der Waals surface area (Å²) in [7, 11) is 0. The Bertz CT molecular complexity index is 980. The van der Waals surface area contributed by atoms with Crippen LogP contribution < -0.4 is 15.0 Å². The minimum absolute atomic E-state index is 0.229. The zero-order valence-corrected chi connectivity index (χ0v) is 15.6. The lowest BCUT2D eigenvalue weighted by Gasteiger charge is -2.29. The average molecular weight is 406 g/mol. The van der Waals surface area contributed by atoms with E-state index in [1.54, 1.807) is 12.1 Å². The lowest BCUT2D eigenvalue weighted by atomic mass is 10.2. The smallest absolute Gasteiger partial charge is 0.406 e. The molecule has 154 valence electrons. The van der Waals surface area contributed by atoms with Crippen molar-refractivity contribution in [1.82, 2.24) is 14.9 Å². The molecule has 1 aliphatic heterocycles. The van der Waals surface area contributed by atoms with Gasteiger partial charge < -0.3 is 24.6 Å². The molecule has 0 spiro atoms. The van der Waals surface area contributed by atoms with E-state index in [9.17, 15) is 18.3 Å². The first-order chi connectivity index (χ1) is 13.9.